The molecule has 0 spiro atoms. The highest BCUT2D eigenvalue weighted by Crippen LogP contribution is 2.24. The number of hydrogen-bond donors (Lipinski definition) is 1. The summed E-state index contributed by atoms with van der Waals surface area (Å²) in [6, 6.07) is 8.27. The molecular formula is C20H32N2O2. The van der Waals surface area contributed by atoms with Crippen LogP contribution >= 0.6 is 0 Å². The summed E-state index contributed by atoms with van der Waals surface area (Å²) < 4.78 is 5.96. The zero-order valence-corrected chi connectivity index (χ0v) is 15.4. The van der Waals surface area contributed by atoms with Gasteiger partial charge in [0.1, 0.15) is 5.75 Å². The summed E-state index contributed by atoms with van der Waals surface area (Å²) in [5, 5.41) is 3.04. The monoisotopic (exact) mass is 332 g/mol. The lowest BCUT2D eigenvalue weighted by Gasteiger charge is -2.32. The first kappa shape index (κ1) is 18.8. The standard InChI is InChI=1S/C20H32N2O2/c1-4-11-21-20(23)18-9-7-12-22(14-18)13-17-8-5-6-10-19(17)24-15-16(2)3/h5-6,8,10,16,18H,4,7,9,11-15H2,1-3H3,(H,21,23). The third kappa shape index (κ3) is 5.82. The van der Waals surface area contributed by atoms with Crippen molar-refractivity contribution in [3.8, 4) is 5.75 Å². The molecule has 1 unspecified atom stereocenters. The molecule has 24 heavy (non-hydrogen) atoms. The van der Waals surface area contributed by atoms with Crippen LogP contribution in [0.4, 0.5) is 0 Å². The van der Waals surface area contributed by atoms with Gasteiger partial charge in [-0.15, -0.1) is 0 Å². The zero-order chi connectivity index (χ0) is 17.4. The molecule has 1 atom stereocenters. The number of ether oxygens (including phenoxy) is 1. The SMILES string of the molecule is CCCNC(=O)C1CCCN(Cc2ccccc2OCC(C)C)C1. The van der Waals surface area contributed by atoms with Crippen molar-refractivity contribution in [2.24, 2.45) is 11.8 Å². The van der Waals surface area contributed by atoms with Crippen molar-refractivity contribution in [3.05, 3.63) is 29.8 Å². The zero-order valence-electron chi connectivity index (χ0n) is 15.4. The smallest absolute Gasteiger partial charge is 0.224 e. The number of rotatable bonds is 8. The lowest BCUT2D eigenvalue weighted by atomic mass is 9.96. The lowest BCUT2D eigenvalue weighted by Crippen LogP contribution is -2.42. The van der Waals surface area contributed by atoms with Crippen molar-refractivity contribution in [1.29, 1.82) is 0 Å². The lowest BCUT2D eigenvalue weighted by molar-refractivity contribution is -0.126. The van der Waals surface area contributed by atoms with E-state index in [-0.39, 0.29) is 11.8 Å². The molecule has 1 heterocycles. The van der Waals surface area contributed by atoms with Crippen molar-refractivity contribution < 1.29 is 9.53 Å². The predicted molar refractivity (Wildman–Crippen MR) is 98.1 cm³/mol. The van der Waals surface area contributed by atoms with Gasteiger partial charge in [-0.2, -0.15) is 0 Å². The van der Waals surface area contributed by atoms with Gasteiger partial charge in [0, 0.05) is 25.2 Å². The number of likely N-dealkylation sites (tertiary alicyclic amines) is 1. The van der Waals surface area contributed by atoms with E-state index in [1.54, 1.807) is 0 Å². The molecule has 1 N–H and O–H groups in total. The van der Waals surface area contributed by atoms with Gasteiger partial charge in [0.15, 0.2) is 0 Å². The summed E-state index contributed by atoms with van der Waals surface area (Å²) in [7, 11) is 0. The van der Waals surface area contributed by atoms with Crippen LogP contribution in [0, 0.1) is 11.8 Å². The van der Waals surface area contributed by atoms with E-state index in [1.165, 1.54) is 5.56 Å². The maximum Gasteiger partial charge on any atom is 0.224 e. The average molecular weight is 332 g/mol. The molecule has 0 bridgehead atoms. The minimum absolute atomic E-state index is 0.119. The van der Waals surface area contributed by atoms with Gasteiger partial charge >= 0.3 is 0 Å². The second-order valence-electron chi connectivity index (χ2n) is 7.18. The predicted octanol–water partition coefficient (Wildman–Crippen LogP) is 3.46. The Bertz CT molecular complexity index is 516. The number of hydrogen-bond acceptors (Lipinski definition) is 3. The Hall–Kier alpha value is -1.55. The number of carbonyl (C=O) groups excluding carboxylic acids is 1. The molecule has 4 nitrogen and oxygen atoms in total. The Labute approximate surface area is 146 Å². The summed E-state index contributed by atoms with van der Waals surface area (Å²) in [6.07, 6.45) is 3.07. The van der Waals surface area contributed by atoms with Crippen LogP contribution < -0.4 is 10.1 Å². The fourth-order valence-corrected chi connectivity index (χ4v) is 3.08. The van der Waals surface area contributed by atoms with Gasteiger partial charge in [-0.1, -0.05) is 39.0 Å². The highest BCUT2D eigenvalue weighted by Gasteiger charge is 2.25. The highest BCUT2D eigenvalue weighted by molar-refractivity contribution is 5.78. The molecule has 0 radical (unpaired) electrons. The number of para-hydroxylation sites is 1. The number of nitrogens with zero attached hydrogens (tertiary/aromatic N) is 1. The minimum atomic E-state index is 0.119. The normalized spacial score (nSPS) is 18.6. The Morgan fingerprint density at radius 2 is 2.17 bits per heavy atom. The van der Waals surface area contributed by atoms with E-state index in [2.05, 4.69) is 43.1 Å². The van der Waals surface area contributed by atoms with Crippen LogP contribution in [0.1, 0.15) is 45.6 Å². The Kier molecular flexibility index (Phi) is 7.57. The molecule has 134 valence electrons. The van der Waals surface area contributed by atoms with Crippen LogP contribution in [0.3, 0.4) is 0 Å². The van der Waals surface area contributed by atoms with Gasteiger partial charge in [0.2, 0.25) is 5.91 Å². The van der Waals surface area contributed by atoms with Crippen LogP contribution in [0.25, 0.3) is 0 Å². The van der Waals surface area contributed by atoms with E-state index in [0.717, 1.165) is 57.8 Å². The summed E-state index contributed by atoms with van der Waals surface area (Å²) in [4.78, 5) is 14.6. The number of amides is 1. The maximum atomic E-state index is 12.2. The van der Waals surface area contributed by atoms with E-state index in [0.29, 0.717) is 5.92 Å². The Morgan fingerprint density at radius 1 is 1.38 bits per heavy atom. The van der Waals surface area contributed by atoms with Crippen molar-refractivity contribution in [2.45, 2.75) is 46.6 Å². The summed E-state index contributed by atoms with van der Waals surface area (Å²) >= 11 is 0. The molecule has 2 rings (SSSR count). The van der Waals surface area contributed by atoms with Crippen LogP contribution in [0.5, 0.6) is 5.75 Å². The summed E-state index contributed by atoms with van der Waals surface area (Å²) in [5.41, 5.74) is 1.22. The molecule has 1 aliphatic heterocycles. The van der Waals surface area contributed by atoms with E-state index in [4.69, 9.17) is 4.74 Å². The molecule has 0 aliphatic carbocycles. The van der Waals surface area contributed by atoms with Gasteiger partial charge in [0.25, 0.3) is 0 Å². The van der Waals surface area contributed by atoms with Gasteiger partial charge in [0.05, 0.1) is 12.5 Å². The van der Waals surface area contributed by atoms with E-state index in [1.807, 2.05) is 12.1 Å². The third-order valence-corrected chi connectivity index (χ3v) is 4.36. The van der Waals surface area contributed by atoms with Gasteiger partial charge in [-0.25, -0.2) is 0 Å². The largest absolute Gasteiger partial charge is 0.493 e. The molecule has 0 saturated carbocycles. The van der Waals surface area contributed by atoms with Crippen molar-refractivity contribution in [1.82, 2.24) is 10.2 Å². The molecule has 1 saturated heterocycles. The average Bonchev–Trinajstić information content (AvgIpc) is 2.59. The molecule has 0 aromatic heterocycles. The van der Waals surface area contributed by atoms with Crippen molar-refractivity contribution in [3.63, 3.8) is 0 Å². The highest BCUT2D eigenvalue weighted by atomic mass is 16.5. The first-order chi connectivity index (χ1) is 11.6. The van der Waals surface area contributed by atoms with Crippen LogP contribution in [0.15, 0.2) is 24.3 Å². The molecule has 1 fully saturated rings. The number of nitrogens with one attached hydrogen (secondary N) is 1. The van der Waals surface area contributed by atoms with Crippen molar-refractivity contribution in [2.75, 3.05) is 26.2 Å². The van der Waals surface area contributed by atoms with Crippen LogP contribution in [-0.2, 0) is 11.3 Å². The summed E-state index contributed by atoms with van der Waals surface area (Å²) in [6.45, 7) is 10.7. The number of benzene rings is 1. The molecule has 1 amide bonds. The quantitative estimate of drug-likeness (QED) is 0.793. The molecule has 1 aliphatic rings. The summed E-state index contributed by atoms with van der Waals surface area (Å²) in [5.74, 6) is 1.82. The van der Waals surface area contributed by atoms with Crippen LogP contribution in [0.2, 0.25) is 0 Å². The van der Waals surface area contributed by atoms with Crippen molar-refractivity contribution >= 4 is 5.91 Å². The molecule has 1 aromatic carbocycles. The number of carbonyl (C=O) groups is 1. The van der Waals surface area contributed by atoms with E-state index < -0.39 is 0 Å². The molecule has 1 aromatic rings. The van der Waals surface area contributed by atoms with Gasteiger partial charge in [-0.3, -0.25) is 9.69 Å². The molecular weight excluding hydrogens is 300 g/mol. The Balaban J connectivity index is 1.94. The van der Waals surface area contributed by atoms with Crippen LogP contribution in [-0.4, -0.2) is 37.0 Å². The fourth-order valence-electron chi connectivity index (χ4n) is 3.08. The minimum Gasteiger partial charge on any atom is -0.493 e. The molecule has 4 heteroatoms. The van der Waals surface area contributed by atoms with Gasteiger partial charge in [-0.05, 0) is 37.8 Å². The number of piperidine rings is 1. The second kappa shape index (κ2) is 9.67. The van der Waals surface area contributed by atoms with E-state index >= 15 is 0 Å². The Morgan fingerprint density at radius 3 is 2.92 bits per heavy atom. The fraction of sp³-hybridized carbons (Fsp3) is 0.650. The first-order valence-electron chi connectivity index (χ1n) is 9.31. The van der Waals surface area contributed by atoms with E-state index in [9.17, 15) is 4.79 Å². The topological polar surface area (TPSA) is 41.6 Å². The maximum absolute atomic E-state index is 12.2. The third-order valence-electron chi connectivity index (χ3n) is 4.36. The first-order valence-corrected chi connectivity index (χ1v) is 9.31. The van der Waals surface area contributed by atoms with Gasteiger partial charge < -0.3 is 10.1 Å². The second-order valence-corrected chi connectivity index (χ2v) is 7.18.